The number of ether oxygens (including phenoxy) is 1. The van der Waals surface area contributed by atoms with Crippen molar-refractivity contribution >= 4 is 11.8 Å². The van der Waals surface area contributed by atoms with Crippen LogP contribution in [0.5, 0.6) is 0 Å². The van der Waals surface area contributed by atoms with Gasteiger partial charge in [-0.2, -0.15) is 0 Å². The molecule has 110 valence electrons. The Balaban J connectivity index is 1.84. The zero-order valence-electron chi connectivity index (χ0n) is 12.3. The smallest absolute Gasteiger partial charge is 0.0851 e. The predicted molar refractivity (Wildman–Crippen MR) is 83.1 cm³/mol. The van der Waals surface area contributed by atoms with Crippen molar-refractivity contribution < 1.29 is 9.84 Å². The molecular weight excluding hydrogens is 252 g/mol. The number of aliphatic hydroxyl groups excluding tert-OH is 1. The predicted octanol–water partition coefficient (Wildman–Crippen LogP) is 1.46. The maximum Gasteiger partial charge on any atom is 0.0851 e. The van der Waals surface area contributed by atoms with Crippen molar-refractivity contribution in [1.82, 2.24) is 4.90 Å². The van der Waals surface area contributed by atoms with Gasteiger partial charge >= 0.3 is 0 Å². The van der Waals surface area contributed by atoms with Crippen molar-refractivity contribution in [2.45, 2.75) is 6.10 Å². The van der Waals surface area contributed by atoms with E-state index < -0.39 is 6.10 Å². The van der Waals surface area contributed by atoms with Gasteiger partial charge in [-0.1, -0.05) is 24.3 Å². The molecule has 0 saturated carbocycles. The summed E-state index contributed by atoms with van der Waals surface area (Å²) < 4.78 is 5.30. The molecule has 0 spiro atoms. The van der Waals surface area contributed by atoms with Crippen molar-refractivity contribution in [3.8, 4) is 0 Å². The highest BCUT2D eigenvalue weighted by atomic mass is 16.5. The Morgan fingerprint density at radius 3 is 2.50 bits per heavy atom. The fourth-order valence-electron chi connectivity index (χ4n) is 2.21. The Kier molecular flexibility index (Phi) is 5.59. The molecule has 1 aliphatic heterocycles. The summed E-state index contributed by atoms with van der Waals surface area (Å²) in [6.45, 7) is 4.02. The first-order chi connectivity index (χ1) is 9.65. The summed E-state index contributed by atoms with van der Waals surface area (Å²) >= 11 is 0. The van der Waals surface area contributed by atoms with Gasteiger partial charge in [0.1, 0.15) is 0 Å². The van der Waals surface area contributed by atoms with Crippen molar-refractivity contribution in [2.75, 3.05) is 51.8 Å². The number of hydrogen-bond acceptors (Lipinski definition) is 4. The second kappa shape index (κ2) is 7.43. The van der Waals surface area contributed by atoms with Crippen molar-refractivity contribution in [3.63, 3.8) is 0 Å². The molecule has 1 aromatic rings. The highest BCUT2D eigenvalue weighted by molar-refractivity contribution is 5.55. The van der Waals surface area contributed by atoms with Crippen LogP contribution >= 0.6 is 0 Å². The summed E-state index contributed by atoms with van der Waals surface area (Å²) in [5.41, 5.74) is 2.28. The lowest BCUT2D eigenvalue weighted by Gasteiger charge is -2.27. The van der Waals surface area contributed by atoms with Crippen LogP contribution in [-0.4, -0.2) is 63.1 Å². The number of hydrogen-bond donors (Lipinski definition) is 1. The second-order valence-electron chi connectivity index (χ2n) is 5.33. The molecule has 1 unspecified atom stereocenters. The molecule has 1 fully saturated rings. The summed E-state index contributed by atoms with van der Waals surface area (Å²) in [6, 6.07) is 8.28. The van der Waals surface area contributed by atoms with Crippen LogP contribution in [0.2, 0.25) is 0 Å². The average molecular weight is 276 g/mol. The van der Waals surface area contributed by atoms with E-state index in [1.807, 2.05) is 26.2 Å². The van der Waals surface area contributed by atoms with Crippen LogP contribution in [0.25, 0.3) is 6.08 Å². The number of β-amino-alcohol motifs (C(OH)–C–C–N with tert-alkyl or cyclic N) is 1. The molecule has 1 aliphatic rings. The monoisotopic (exact) mass is 276 g/mol. The van der Waals surface area contributed by atoms with Crippen LogP contribution < -0.4 is 4.90 Å². The van der Waals surface area contributed by atoms with Gasteiger partial charge in [0.2, 0.25) is 0 Å². The number of rotatable bonds is 5. The average Bonchev–Trinajstić information content (AvgIpc) is 2.46. The molecule has 4 heteroatoms. The maximum absolute atomic E-state index is 10.0. The molecule has 1 heterocycles. The van der Waals surface area contributed by atoms with Crippen LogP contribution in [0.15, 0.2) is 30.3 Å². The quantitative estimate of drug-likeness (QED) is 0.883. The van der Waals surface area contributed by atoms with Gasteiger partial charge in [0, 0.05) is 39.4 Å². The lowest BCUT2D eigenvalue weighted by Crippen LogP contribution is -2.40. The summed E-state index contributed by atoms with van der Waals surface area (Å²) in [4.78, 5) is 4.30. The first-order valence-electron chi connectivity index (χ1n) is 7.09. The molecule has 1 atom stereocenters. The van der Waals surface area contributed by atoms with Gasteiger partial charge in [0.25, 0.3) is 0 Å². The SMILES string of the molecule is CN(C)c1ccc(/C=C\C(O)CN2CCOCC2)cc1. The Labute approximate surface area is 121 Å². The Morgan fingerprint density at radius 1 is 1.25 bits per heavy atom. The van der Waals surface area contributed by atoms with Gasteiger partial charge in [0.05, 0.1) is 19.3 Å². The van der Waals surface area contributed by atoms with Gasteiger partial charge < -0.3 is 14.7 Å². The van der Waals surface area contributed by atoms with Crippen LogP contribution in [0.4, 0.5) is 5.69 Å². The maximum atomic E-state index is 10.0. The molecule has 0 aromatic heterocycles. The molecule has 0 aliphatic carbocycles. The summed E-state index contributed by atoms with van der Waals surface area (Å²) in [6.07, 6.45) is 3.41. The summed E-state index contributed by atoms with van der Waals surface area (Å²) in [5.74, 6) is 0. The highest BCUT2D eigenvalue weighted by Gasteiger charge is 2.12. The minimum absolute atomic E-state index is 0.429. The normalized spacial score (nSPS) is 18.4. The van der Waals surface area contributed by atoms with E-state index in [2.05, 4.69) is 34.1 Å². The number of aliphatic hydroxyl groups is 1. The van der Waals surface area contributed by atoms with Crippen molar-refractivity contribution in [3.05, 3.63) is 35.9 Å². The Bertz CT molecular complexity index is 423. The number of nitrogens with zero attached hydrogens (tertiary/aromatic N) is 2. The summed E-state index contributed by atoms with van der Waals surface area (Å²) in [7, 11) is 4.05. The van der Waals surface area contributed by atoms with E-state index in [-0.39, 0.29) is 0 Å². The lowest BCUT2D eigenvalue weighted by molar-refractivity contribution is 0.0223. The first kappa shape index (κ1) is 15.0. The Morgan fingerprint density at radius 2 is 1.90 bits per heavy atom. The van der Waals surface area contributed by atoms with Crippen LogP contribution in [0.1, 0.15) is 5.56 Å². The first-order valence-corrected chi connectivity index (χ1v) is 7.09. The zero-order valence-corrected chi connectivity index (χ0v) is 12.3. The van der Waals surface area contributed by atoms with E-state index in [0.717, 1.165) is 31.9 Å². The Hall–Kier alpha value is -1.36. The molecule has 1 N–H and O–H groups in total. The van der Waals surface area contributed by atoms with Gasteiger partial charge in [-0.15, -0.1) is 0 Å². The van der Waals surface area contributed by atoms with E-state index in [0.29, 0.717) is 6.54 Å². The number of morpholine rings is 1. The van der Waals surface area contributed by atoms with E-state index in [9.17, 15) is 5.11 Å². The third-order valence-corrected chi connectivity index (χ3v) is 3.47. The van der Waals surface area contributed by atoms with Crippen molar-refractivity contribution in [1.29, 1.82) is 0 Å². The molecular formula is C16H24N2O2. The van der Waals surface area contributed by atoms with Crippen LogP contribution in [-0.2, 0) is 4.74 Å². The molecule has 2 rings (SSSR count). The van der Waals surface area contributed by atoms with Gasteiger partial charge in [-0.25, -0.2) is 0 Å². The minimum Gasteiger partial charge on any atom is -0.388 e. The fraction of sp³-hybridized carbons (Fsp3) is 0.500. The molecule has 0 amide bonds. The van der Waals surface area contributed by atoms with E-state index in [1.165, 1.54) is 5.69 Å². The highest BCUT2D eigenvalue weighted by Crippen LogP contribution is 2.13. The van der Waals surface area contributed by atoms with Gasteiger partial charge in [0.15, 0.2) is 0 Å². The molecule has 0 radical (unpaired) electrons. The summed E-state index contributed by atoms with van der Waals surface area (Å²) in [5, 5.41) is 10.0. The minimum atomic E-state index is -0.429. The molecule has 4 nitrogen and oxygen atoms in total. The number of benzene rings is 1. The third kappa shape index (κ3) is 4.63. The molecule has 0 bridgehead atoms. The van der Waals surface area contributed by atoms with E-state index >= 15 is 0 Å². The van der Waals surface area contributed by atoms with E-state index in [4.69, 9.17) is 4.74 Å². The number of anilines is 1. The second-order valence-corrected chi connectivity index (χ2v) is 5.33. The molecule has 1 saturated heterocycles. The van der Waals surface area contributed by atoms with Crippen LogP contribution in [0, 0.1) is 0 Å². The largest absolute Gasteiger partial charge is 0.388 e. The molecule has 20 heavy (non-hydrogen) atoms. The standard InChI is InChI=1S/C16H24N2O2/c1-17(2)15-6-3-14(4-7-15)5-8-16(19)13-18-9-11-20-12-10-18/h3-8,16,19H,9-13H2,1-2H3/b8-5-. The zero-order chi connectivity index (χ0) is 14.4. The van der Waals surface area contributed by atoms with Crippen molar-refractivity contribution in [2.24, 2.45) is 0 Å². The topological polar surface area (TPSA) is 35.9 Å². The van der Waals surface area contributed by atoms with Gasteiger partial charge in [-0.3, -0.25) is 4.90 Å². The van der Waals surface area contributed by atoms with E-state index in [1.54, 1.807) is 0 Å². The molecule has 1 aromatic carbocycles. The lowest BCUT2D eigenvalue weighted by atomic mass is 10.1. The van der Waals surface area contributed by atoms with Gasteiger partial charge in [-0.05, 0) is 17.7 Å². The fourth-order valence-corrected chi connectivity index (χ4v) is 2.21. The van der Waals surface area contributed by atoms with Crippen LogP contribution in [0.3, 0.4) is 0 Å². The third-order valence-electron chi connectivity index (χ3n) is 3.47.